The van der Waals surface area contributed by atoms with Gasteiger partial charge >= 0.3 is 29.6 Å². The third kappa shape index (κ3) is 33.1. The Morgan fingerprint density at radius 3 is 1.45 bits per heavy atom. The van der Waals surface area contributed by atoms with E-state index in [2.05, 4.69) is 11.1 Å². The first-order valence-corrected chi connectivity index (χ1v) is 16.2. The molecular weight excluding hydrogens is 551 g/mol. The van der Waals surface area contributed by atoms with Crippen molar-refractivity contribution < 1.29 is 75.1 Å². The molecule has 0 rings (SSSR count). The number of unbranched alkanes of at least 4 members (excludes halogenated alkanes) is 9. The van der Waals surface area contributed by atoms with Crippen molar-refractivity contribution in [3.63, 3.8) is 0 Å². The van der Waals surface area contributed by atoms with Crippen molar-refractivity contribution in [2.24, 2.45) is 0 Å². The van der Waals surface area contributed by atoms with Crippen molar-refractivity contribution in [1.29, 1.82) is 0 Å². The zero-order chi connectivity index (χ0) is 29.2. The van der Waals surface area contributed by atoms with Gasteiger partial charge in [0.05, 0.1) is 77.3 Å². The van der Waals surface area contributed by atoms with Gasteiger partial charge in [-0.25, -0.2) is 8.42 Å². The van der Waals surface area contributed by atoms with Crippen LogP contribution in [0.4, 0.5) is 0 Å². The van der Waals surface area contributed by atoms with Crippen molar-refractivity contribution >= 4 is 10.4 Å². The second kappa shape index (κ2) is 29.7. The van der Waals surface area contributed by atoms with Crippen molar-refractivity contribution in [2.75, 3.05) is 59.5 Å². The molecule has 40 heavy (non-hydrogen) atoms. The maximum Gasteiger partial charge on any atom is 1.00 e. The monoisotopic (exact) mass is 608 g/mol. The van der Waals surface area contributed by atoms with Crippen LogP contribution in [-0.4, -0.2) is 96.8 Å². The molecule has 10 nitrogen and oxygen atoms in total. The van der Waals surface area contributed by atoms with Gasteiger partial charge in [-0.3, -0.25) is 4.18 Å². The van der Waals surface area contributed by atoms with Crippen molar-refractivity contribution in [2.45, 2.75) is 123 Å². The van der Waals surface area contributed by atoms with Gasteiger partial charge in [0.25, 0.3) is 0 Å². The maximum atomic E-state index is 10.3. The molecule has 0 saturated carbocycles. The fourth-order valence-corrected chi connectivity index (χ4v) is 3.91. The normalized spacial score (nSPS) is 14.9. The largest absolute Gasteiger partial charge is 1.00 e. The van der Waals surface area contributed by atoms with E-state index in [0.29, 0.717) is 33.0 Å². The number of ether oxygens (including phenoxy) is 6. The van der Waals surface area contributed by atoms with Gasteiger partial charge in [-0.1, -0.05) is 64.7 Å². The van der Waals surface area contributed by atoms with Crippen molar-refractivity contribution in [1.82, 2.24) is 0 Å². The first-order chi connectivity index (χ1) is 18.6. The molecule has 0 aromatic carbocycles. The summed E-state index contributed by atoms with van der Waals surface area (Å²) in [6.45, 7) is 13.1. The SMILES string of the molecule is CCCCCCCCCCCCOCC(C)OCC(C)OCC(C)OCC(C)OCCOCCOS(=O)(=O)[O-].[Na+]. The molecule has 0 saturated heterocycles. The minimum atomic E-state index is -4.67. The summed E-state index contributed by atoms with van der Waals surface area (Å²) in [6, 6.07) is 0. The molecule has 236 valence electrons. The van der Waals surface area contributed by atoms with Crippen LogP contribution in [0.5, 0.6) is 0 Å². The summed E-state index contributed by atoms with van der Waals surface area (Å²) in [6.07, 6.45) is 13.0. The molecule has 0 spiro atoms. The Bertz CT molecular complexity index is 626. The molecule has 0 aliphatic rings. The Labute approximate surface area is 267 Å². The van der Waals surface area contributed by atoms with Gasteiger partial charge in [-0.05, 0) is 34.1 Å². The molecule has 0 aromatic rings. The van der Waals surface area contributed by atoms with Crippen LogP contribution in [0.3, 0.4) is 0 Å². The Kier molecular flexibility index (Phi) is 31.7. The Balaban J connectivity index is 0. The van der Waals surface area contributed by atoms with Gasteiger partial charge in [0, 0.05) is 6.61 Å². The van der Waals surface area contributed by atoms with Crippen LogP contribution in [0.25, 0.3) is 0 Å². The van der Waals surface area contributed by atoms with E-state index >= 15 is 0 Å². The molecule has 0 bridgehead atoms. The second-order valence-corrected chi connectivity index (χ2v) is 11.3. The van der Waals surface area contributed by atoms with Crippen LogP contribution in [0.2, 0.25) is 0 Å². The van der Waals surface area contributed by atoms with Gasteiger partial charge in [0.1, 0.15) is 0 Å². The summed E-state index contributed by atoms with van der Waals surface area (Å²) in [5.74, 6) is 0. The van der Waals surface area contributed by atoms with Gasteiger partial charge < -0.3 is 33.0 Å². The predicted octanol–water partition coefficient (Wildman–Crippen LogP) is 2.04. The first kappa shape index (κ1) is 42.8. The van der Waals surface area contributed by atoms with Crippen LogP contribution >= 0.6 is 0 Å². The summed E-state index contributed by atoms with van der Waals surface area (Å²) in [7, 11) is -4.67. The van der Waals surface area contributed by atoms with Crippen LogP contribution in [-0.2, 0) is 43.0 Å². The number of hydrogen-bond acceptors (Lipinski definition) is 10. The zero-order valence-electron chi connectivity index (χ0n) is 26.2. The van der Waals surface area contributed by atoms with E-state index in [1.807, 2.05) is 27.7 Å². The van der Waals surface area contributed by atoms with E-state index in [1.165, 1.54) is 57.8 Å². The quantitative estimate of drug-likeness (QED) is 0.0518. The first-order valence-electron chi connectivity index (χ1n) is 14.9. The van der Waals surface area contributed by atoms with Gasteiger partial charge in [0.2, 0.25) is 10.4 Å². The smallest absolute Gasteiger partial charge is 0.726 e. The minimum Gasteiger partial charge on any atom is -0.726 e. The predicted molar refractivity (Wildman–Crippen MR) is 151 cm³/mol. The molecule has 4 atom stereocenters. The summed E-state index contributed by atoms with van der Waals surface area (Å²) in [5.41, 5.74) is 0. The Hall–Kier alpha value is 0.630. The van der Waals surface area contributed by atoms with Gasteiger partial charge in [-0.15, -0.1) is 0 Å². The summed E-state index contributed by atoms with van der Waals surface area (Å²) < 4.78 is 68.9. The molecule has 0 N–H and O–H groups in total. The molecule has 12 heteroatoms. The summed E-state index contributed by atoms with van der Waals surface area (Å²) >= 11 is 0. The second-order valence-electron chi connectivity index (χ2n) is 10.2. The van der Waals surface area contributed by atoms with Crippen LogP contribution < -0.4 is 29.6 Å². The fourth-order valence-electron chi connectivity index (χ4n) is 3.64. The molecule has 0 fully saturated rings. The third-order valence-corrected chi connectivity index (χ3v) is 6.38. The molecule has 0 amide bonds. The zero-order valence-corrected chi connectivity index (χ0v) is 29.1. The fraction of sp³-hybridized carbons (Fsp3) is 1.00. The third-order valence-electron chi connectivity index (χ3n) is 5.93. The molecule has 0 aromatic heterocycles. The summed E-state index contributed by atoms with van der Waals surface area (Å²) in [5, 5.41) is 0. The molecule has 0 aliphatic carbocycles. The van der Waals surface area contributed by atoms with E-state index in [9.17, 15) is 13.0 Å². The minimum absolute atomic E-state index is 0. The van der Waals surface area contributed by atoms with Crippen molar-refractivity contribution in [3.05, 3.63) is 0 Å². The number of hydrogen-bond donors (Lipinski definition) is 0. The molecule has 0 heterocycles. The van der Waals surface area contributed by atoms with E-state index in [-0.39, 0.29) is 73.8 Å². The van der Waals surface area contributed by atoms with Crippen LogP contribution in [0, 0.1) is 0 Å². The Morgan fingerprint density at radius 1 is 0.525 bits per heavy atom. The average molecular weight is 609 g/mol. The van der Waals surface area contributed by atoms with Gasteiger partial charge in [-0.2, -0.15) is 0 Å². The van der Waals surface area contributed by atoms with Crippen LogP contribution in [0.1, 0.15) is 98.8 Å². The molecular formula is C28H57NaO10S. The topological polar surface area (TPSA) is 122 Å². The molecule has 4 unspecified atom stereocenters. The van der Waals surface area contributed by atoms with Gasteiger partial charge in [0.15, 0.2) is 0 Å². The number of rotatable bonds is 30. The molecule has 0 radical (unpaired) electrons. The molecule has 0 aliphatic heterocycles. The van der Waals surface area contributed by atoms with E-state index in [0.717, 1.165) is 13.0 Å². The summed E-state index contributed by atoms with van der Waals surface area (Å²) in [4.78, 5) is 0. The standard InChI is InChI=1S/C28H58O10S.Na/c1-6-7-8-9-10-11-12-13-14-15-16-33-21-25(2)35-23-27(4)37-24-28(5)36-22-26(3)34-19-17-32-18-20-38-39(29,30)31;/h25-28H,6-24H2,1-5H3,(H,29,30,31);/q;+1/p-1. The van der Waals surface area contributed by atoms with E-state index in [1.54, 1.807) is 0 Å². The van der Waals surface area contributed by atoms with E-state index in [4.69, 9.17) is 28.4 Å². The average Bonchev–Trinajstić information content (AvgIpc) is 2.88. The Morgan fingerprint density at radius 2 is 0.950 bits per heavy atom. The van der Waals surface area contributed by atoms with Crippen LogP contribution in [0.15, 0.2) is 0 Å². The van der Waals surface area contributed by atoms with E-state index < -0.39 is 10.4 Å². The maximum absolute atomic E-state index is 10.3. The van der Waals surface area contributed by atoms with Crippen molar-refractivity contribution in [3.8, 4) is 0 Å².